The van der Waals surface area contributed by atoms with Crippen molar-refractivity contribution in [1.82, 2.24) is 4.90 Å². The van der Waals surface area contributed by atoms with Crippen molar-refractivity contribution in [2.75, 3.05) is 13.7 Å². The Bertz CT molecular complexity index is 449. The molecule has 1 aliphatic rings. The van der Waals surface area contributed by atoms with E-state index in [1.807, 2.05) is 0 Å². The summed E-state index contributed by atoms with van der Waals surface area (Å²) in [6, 6.07) is 5.05. The molecule has 0 unspecified atom stereocenters. The topological polar surface area (TPSA) is 23.5 Å². The minimum absolute atomic E-state index is 0.148. The Morgan fingerprint density at radius 3 is 2.70 bits per heavy atom. The lowest BCUT2D eigenvalue weighted by atomic mass is 10.1. The monoisotopic (exact) mass is 291 g/mol. The zero-order valence-electron chi connectivity index (χ0n) is 12.4. The minimum atomic E-state index is 0.148. The van der Waals surface area contributed by atoms with Crippen LogP contribution in [0.4, 0.5) is 0 Å². The number of hydrogen-bond donors (Lipinski definition) is 1. The molecule has 1 aliphatic carbocycles. The molecule has 3 heteroatoms. The predicted octanol–water partition coefficient (Wildman–Crippen LogP) is 3.64. The zero-order valence-corrected chi connectivity index (χ0v) is 13.2. The summed E-state index contributed by atoms with van der Waals surface area (Å²) in [7, 11) is 2.26. The summed E-state index contributed by atoms with van der Waals surface area (Å²) in [6.07, 6.45) is 8.86. The Hall–Kier alpha value is -0.820. The molecule has 1 fully saturated rings. The average molecular weight is 291 g/mol. The van der Waals surface area contributed by atoms with Crippen LogP contribution in [-0.4, -0.2) is 29.7 Å². The largest absolute Gasteiger partial charge is 0.395 e. The molecule has 2 nitrogen and oxygen atoms in total. The van der Waals surface area contributed by atoms with Gasteiger partial charge in [-0.25, -0.2) is 0 Å². The van der Waals surface area contributed by atoms with Crippen molar-refractivity contribution >= 4 is 11.3 Å². The van der Waals surface area contributed by atoms with Crippen LogP contribution in [0.1, 0.15) is 54.7 Å². The van der Waals surface area contributed by atoms with Gasteiger partial charge in [0.25, 0.3) is 0 Å². The summed E-state index contributed by atoms with van der Waals surface area (Å²) in [6.45, 7) is 1.19. The average Bonchev–Trinajstić information content (AvgIpc) is 2.72. The molecule has 0 spiro atoms. The molecule has 0 bridgehead atoms. The van der Waals surface area contributed by atoms with Crippen molar-refractivity contribution < 1.29 is 5.11 Å². The molecule has 1 aromatic heterocycles. The summed E-state index contributed by atoms with van der Waals surface area (Å²) < 4.78 is 0. The molecule has 1 aromatic rings. The molecule has 1 saturated carbocycles. The maximum absolute atomic E-state index is 8.73. The first-order chi connectivity index (χ1) is 9.79. The summed E-state index contributed by atoms with van der Waals surface area (Å²) in [5.41, 5.74) is 0. The fraction of sp³-hybridized carbons (Fsp3) is 0.647. The second kappa shape index (κ2) is 8.46. The smallest absolute Gasteiger partial charge is 0.0771 e. The molecular weight excluding hydrogens is 266 g/mol. The van der Waals surface area contributed by atoms with Gasteiger partial charge < -0.3 is 5.11 Å². The third-order valence-electron chi connectivity index (χ3n) is 3.96. The van der Waals surface area contributed by atoms with Gasteiger partial charge in [-0.3, -0.25) is 4.90 Å². The first kappa shape index (κ1) is 15.6. The third kappa shape index (κ3) is 4.94. The van der Waals surface area contributed by atoms with E-state index in [9.17, 15) is 0 Å². The normalized spacial score (nSPS) is 16.8. The molecule has 2 rings (SSSR count). The highest BCUT2D eigenvalue weighted by Gasteiger charge is 2.17. The zero-order chi connectivity index (χ0) is 14.2. The van der Waals surface area contributed by atoms with E-state index in [0.717, 1.165) is 17.5 Å². The quantitative estimate of drug-likeness (QED) is 0.676. The molecule has 1 N–H and O–H groups in total. The van der Waals surface area contributed by atoms with Gasteiger partial charge in [-0.1, -0.05) is 37.5 Å². The Balaban J connectivity index is 1.87. The second-order valence-corrected chi connectivity index (χ2v) is 6.77. The van der Waals surface area contributed by atoms with Crippen LogP contribution in [0.2, 0.25) is 0 Å². The molecule has 0 aromatic carbocycles. The highest BCUT2D eigenvalue weighted by molar-refractivity contribution is 7.12. The van der Waals surface area contributed by atoms with E-state index in [1.54, 1.807) is 11.3 Å². The first-order valence-corrected chi connectivity index (χ1v) is 8.50. The molecule has 0 saturated heterocycles. The van der Waals surface area contributed by atoms with Crippen molar-refractivity contribution in [3.8, 4) is 11.8 Å². The van der Waals surface area contributed by atoms with Crippen LogP contribution in [0.5, 0.6) is 0 Å². The number of rotatable bonds is 4. The molecule has 110 valence electrons. The van der Waals surface area contributed by atoms with Crippen LogP contribution in [0, 0.1) is 11.8 Å². The Morgan fingerprint density at radius 2 is 2.00 bits per heavy atom. The highest BCUT2D eigenvalue weighted by Crippen LogP contribution is 2.24. The van der Waals surface area contributed by atoms with E-state index in [2.05, 4.69) is 35.9 Å². The molecule has 0 amide bonds. The maximum atomic E-state index is 8.73. The van der Waals surface area contributed by atoms with Gasteiger partial charge in [0.2, 0.25) is 0 Å². The van der Waals surface area contributed by atoms with E-state index in [1.165, 1.54) is 43.4 Å². The lowest BCUT2D eigenvalue weighted by Gasteiger charge is -2.26. The van der Waals surface area contributed by atoms with Crippen LogP contribution in [0.25, 0.3) is 0 Å². The molecule has 0 radical (unpaired) electrons. The van der Waals surface area contributed by atoms with Crippen molar-refractivity contribution in [2.45, 2.75) is 57.5 Å². The van der Waals surface area contributed by atoms with Crippen LogP contribution in [0.15, 0.2) is 12.1 Å². The van der Waals surface area contributed by atoms with E-state index in [4.69, 9.17) is 5.11 Å². The molecular formula is C17H25NOS. The van der Waals surface area contributed by atoms with Crippen molar-refractivity contribution in [1.29, 1.82) is 0 Å². The van der Waals surface area contributed by atoms with Gasteiger partial charge in [-0.15, -0.1) is 11.3 Å². The van der Waals surface area contributed by atoms with Gasteiger partial charge in [0.05, 0.1) is 11.5 Å². The second-order valence-electron chi connectivity index (χ2n) is 5.60. The molecule has 0 aliphatic heterocycles. The number of nitrogens with zero attached hydrogens (tertiary/aromatic N) is 1. The Kier molecular flexibility index (Phi) is 6.59. The van der Waals surface area contributed by atoms with Gasteiger partial charge in [0.1, 0.15) is 0 Å². The van der Waals surface area contributed by atoms with Crippen LogP contribution >= 0.6 is 11.3 Å². The van der Waals surface area contributed by atoms with Crippen LogP contribution in [-0.2, 0) is 6.54 Å². The standard InChI is InChI=1S/C17H25NOS/c1-18(15-8-4-2-3-5-9-15)14-17-12-11-16(20-17)10-6-7-13-19/h11-12,15,19H,2-5,7-9,13-14H2,1H3. The lowest BCUT2D eigenvalue weighted by molar-refractivity contribution is 0.215. The summed E-state index contributed by atoms with van der Waals surface area (Å²) in [5, 5.41) is 8.73. The molecule has 0 atom stereocenters. The number of aliphatic hydroxyl groups is 1. The number of aliphatic hydroxyl groups excluding tert-OH is 1. The van der Waals surface area contributed by atoms with Crippen molar-refractivity contribution in [3.63, 3.8) is 0 Å². The molecule has 20 heavy (non-hydrogen) atoms. The van der Waals surface area contributed by atoms with Gasteiger partial charge >= 0.3 is 0 Å². The summed E-state index contributed by atoms with van der Waals surface area (Å²) >= 11 is 1.78. The van der Waals surface area contributed by atoms with Crippen LogP contribution < -0.4 is 0 Å². The van der Waals surface area contributed by atoms with E-state index < -0.39 is 0 Å². The predicted molar refractivity (Wildman–Crippen MR) is 85.9 cm³/mol. The van der Waals surface area contributed by atoms with Gasteiger partial charge in [-0.2, -0.15) is 0 Å². The number of thiophene rings is 1. The molecule has 1 heterocycles. The third-order valence-corrected chi connectivity index (χ3v) is 4.95. The van der Waals surface area contributed by atoms with Crippen LogP contribution in [0.3, 0.4) is 0 Å². The lowest BCUT2D eigenvalue weighted by Crippen LogP contribution is -2.30. The maximum Gasteiger partial charge on any atom is 0.0771 e. The van der Waals surface area contributed by atoms with Crippen molar-refractivity contribution in [3.05, 3.63) is 21.9 Å². The first-order valence-electron chi connectivity index (χ1n) is 7.68. The van der Waals surface area contributed by atoms with Gasteiger partial charge in [0.15, 0.2) is 0 Å². The van der Waals surface area contributed by atoms with E-state index in [-0.39, 0.29) is 6.61 Å². The fourth-order valence-electron chi connectivity index (χ4n) is 2.81. The highest BCUT2D eigenvalue weighted by atomic mass is 32.1. The van der Waals surface area contributed by atoms with E-state index >= 15 is 0 Å². The SMILES string of the molecule is CN(Cc1ccc(C#CCCO)s1)C1CCCCCC1. The van der Waals surface area contributed by atoms with Gasteiger partial charge in [0, 0.05) is 23.9 Å². The van der Waals surface area contributed by atoms with Crippen molar-refractivity contribution in [2.24, 2.45) is 0 Å². The minimum Gasteiger partial charge on any atom is -0.395 e. The Morgan fingerprint density at radius 1 is 1.25 bits per heavy atom. The van der Waals surface area contributed by atoms with Gasteiger partial charge in [-0.05, 0) is 32.0 Å². The fourth-order valence-corrected chi connectivity index (χ4v) is 3.76. The number of hydrogen-bond acceptors (Lipinski definition) is 3. The summed E-state index contributed by atoms with van der Waals surface area (Å²) in [5.74, 6) is 6.11. The summed E-state index contributed by atoms with van der Waals surface area (Å²) in [4.78, 5) is 5.02. The van der Waals surface area contributed by atoms with E-state index in [0.29, 0.717) is 6.42 Å². The Labute approximate surface area is 126 Å².